The third-order valence-corrected chi connectivity index (χ3v) is 4.62. The number of amides is 1. The zero-order valence-electron chi connectivity index (χ0n) is 15.5. The number of aryl methyl sites for hydroxylation is 1. The predicted molar refractivity (Wildman–Crippen MR) is 96.2 cm³/mol. The van der Waals surface area contributed by atoms with E-state index in [1.54, 1.807) is 13.0 Å². The molecule has 1 aromatic heterocycles. The lowest BCUT2D eigenvalue weighted by Gasteiger charge is -2.33. The van der Waals surface area contributed by atoms with E-state index in [1.807, 2.05) is 4.90 Å². The van der Waals surface area contributed by atoms with Crippen LogP contribution < -0.4 is 10.2 Å². The smallest absolute Gasteiger partial charge is 0.356 e. The minimum atomic E-state index is -4.74. The number of carbonyl (C=O) groups is 1. The van der Waals surface area contributed by atoms with E-state index in [0.717, 1.165) is 25.0 Å². The molecule has 1 fully saturated rings. The summed E-state index contributed by atoms with van der Waals surface area (Å²) in [6.45, 7) is 4.50. The number of benzene rings is 1. The molecular formula is C19H20F4N4O. The van der Waals surface area contributed by atoms with E-state index >= 15 is 0 Å². The van der Waals surface area contributed by atoms with Crippen molar-refractivity contribution in [3.63, 3.8) is 0 Å². The van der Waals surface area contributed by atoms with Gasteiger partial charge < -0.3 is 10.2 Å². The predicted octanol–water partition coefficient (Wildman–Crippen LogP) is 3.71. The van der Waals surface area contributed by atoms with Gasteiger partial charge in [0, 0.05) is 37.7 Å². The molecule has 2 heterocycles. The molecule has 28 heavy (non-hydrogen) atoms. The average molecular weight is 396 g/mol. The van der Waals surface area contributed by atoms with Gasteiger partial charge in [-0.1, -0.05) is 6.07 Å². The van der Waals surface area contributed by atoms with Crippen LogP contribution in [0.4, 0.5) is 23.4 Å². The van der Waals surface area contributed by atoms with Crippen LogP contribution >= 0.6 is 0 Å². The molecule has 150 valence electrons. The number of aromatic nitrogens is 2. The third kappa shape index (κ3) is 4.58. The summed E-state index contributed by atoms with van der Waals surface area (Å²) in [4.78, 5) is 21.8. The van der Waals surface area contributed by atoms with Gasteiger partial charge in [0.15, 0.2) is 0 Å². The van der Waals surface area contributed by atoms with Crippen molar-refractivity contribution in [3.05, 3.63) is 41.5 Å². The highest BCUT2D eigenvalue weighted by molar-refractivity contribution is 5.73. The molecule has 0 bridgehead atoms. The number of nitrogens with zero attached hydrogens (tertiary/aromatic N) is 3. The maximum Gasteiger partial charge on any atom is 0.419 e. The largest absolute Gasteiger partial charge is 0.419 e. The Hall–Kier alpha value is -2.71. The van der Waals surface area contributed by atoms with E-state index in [1.165, 1.54) is 13.0 Å². The Labute approximate surface area is 159 Å². The number of alkyl halides is 3. The summed E-state index contributed by atoms with van der Waals surface area (Å²) in [5.41, 5.74) is -0.688. The van der Waals surface area contributed by atoms with Gasteiger partial charge in [-0.25, -0.2) is 14.4 Å². The maximum atomic E-state index is 13.9. The van der Waals surface area contributed by atoms with Gasteiger partial charge in [-0.15, -0.1) is 0 Å². The van der Waals surface area contributed by atoms with Gasteiger partial charge in [-0.2, -0.15) is 13.2 Å². The number of halogens is 4. The number of hydrogen-bond acceptors (Lipinski definition) is 4. The average Bonchev–Trinajstić information content (AvgIpc) is 2.60. The molecule has 0 spiro atoms. The molecule has 2 aromatic rings. The summed E-state index contributed by atoms with van der Waals surface area (Å²) in [5.74, 6) is -0.331. The van der Waals surface area contributed by atoms with Crippen LogP contribution in [0.1, 0.15) is 31.2 Å². The summed E-state index contributed by atoms with van der Waals surface area (Å²) in [6.07, 6.45) is -3.23. The first kappa shape index (κ1) is 20.0. The minimum Gasteiger partial charge on any atom is -0.356 e. The molecule has 0 atom stereocenters. The highest BCUT2D eigenvalue weighted by atomic mass is 19.4. The van der Waals surface area contributed by atoms with Crippen molar-refractivity contribution in [3.8, 4) is 11.3 Å². The van der Waals surface area contributed by atoms with E-state index in [4.69, 9.17) is 0 Å². The van der Waals surface area contributed by atoms with Crippen LogP contribution in [0.5, 0.6) is 0 Å². The van der Waals surface area contributed by atoms with Crippen molar-refractivity contribution < 1.29 is 22.4 Å². The van der Waals surface area contributed by atoms with Crippen LogP contribution in [-0.4, -0.2) is 35.0 Å². The number of piperidine rings is 1. The number of carbonyl (C=O) groups excluding carboxylic acids is 1. The lowest BCUT2D eigenvalue weighted by Crippen LogP contribution is -2.44. The monoisotopic (exact) mass is 396 g/mol. The van der Waals surface area contributed by atoms with E-state index in [2.05, 4.69) is 15.3 Å². The second kappa shape index (κ2) is 7.73. The fourth-order valence-electron chi connectivity index (χ4n) is 3.31. The lowest BCUT2D eigenvalue weighted by molar-refractivity contribution is -0.140. The Bertz CT molecular complexity index is 877. The second-order valence-electron chi connectivity index (χ2n) is 6.81. The van der Waals surface area contributed by atoms with Gasteiger partial charge in [-0.05, 0) is 31.9 Å². The van der Waals surface area contributed by atoms with Gasteiger partial charge in [0.05, 0.1) is 11.3 Å². The van der Waals surface area contributed by atoms with Gasteiger partial charge >= 0.3 is 6.18 Å². The summed E-state index contributed by atoms with van der Waals surface area (Å²) in [7, 11) is 0. The number of hydrogen-bond donors (Lipinski definition) is 1. The molecule has 0 saturated carbocycles. The summed E-state index contributed by atoms with van der Waals surface area (Å²) < 4.78 is 52.2. The molecule has 0 unspecified atom stereocenters. The fraction of sp³-hybridized carbons (Fsp3) is 0.421. The fourth-order valence-corrected chi connectivity index (χ4v) is 3.31. The van der Waals surface area contributed by atoms with Crippen LogP contribution in [0.15, 0.2) is 24.3 Å². The van der Waals surface area contributed by atoms with Gasteiger partial charge in [0.1, 0.15) is 17.5 Å². The first-order chi connectivity index (χ1) is 13.1. The van der Waals surface area contributed by atoms with Gasteiger partial charge in [0.2, 0.25) is 5.91 Å². The minimum absolute atomic E-state index is 0.0667. The lowest BCUT2D eigenvalue weighted by atomic mass is 10.0. The number of anilines is 1. The quantitative estimate of drug-likeness (QED) is 0.804. The van der Waals surface area contributed by atoms with Crippen molar-refractivity contribution >= 4 is 11.7 Å². The Kier molecular flexibility index (Phi) is 5.53. The third-order valence-electron chi connectivity index (χ3n) is 4.62. The van der Waals surface area contributed by atoms with Crippen molar-refractivity contribution in [1.29, 1.82) is 0 Å². The molecule has 5 nitrogen and oxygen atoms in total. The highest BCUT2D eigenvalue weighted by Gasteiger charge is 2.34. The Morgan fingerprint density at radius 1 is 1.18 bits per heavy atom. The van der Waals surface area contributed by atoms with Crippen molar-refractivity contribution in [2.24, 2.45) is 0 Å². The van der Waals surface area contributed by atoms with E-state index < -0.39 is 17.6 Å². The molecule has 0 aliphatic carbocycles. The molecule has 1 aromatic carbocycles. The first-order valence-corrected chi connectivity index (χ1v) is 8.88. The van der Waals surface area contributed by atoms with Crippen LogP contribution in [0, 0.1) is 12.7 Å². The molecule has 1 aliphatic heterocycles. The second-order valence-corrected chi connectivity index (χ2v) is 6.81. The van der Waals surface area contributed by atoms with Crippen molar-refractivity contribution in [2.75, 3.05) is 18.0 Å². The number of rotatable bonds is 3. The summed E-state index contributed by atoms with van der Waals surface area (Å²) in [6, 6.07) is 4.53. The van der Waals surface area contributed by atoms with Crippen LogP contribution in [-0.2, 0) is 11.0 Å². The maximum absolute atomic E-state index is 13.9. The molecule has 3 rings (SSSR count). The topological polar surface area (TPSA) is 58.1 Å². The first-order valence-electron chi connectivity index (χ1n) is 8.88. The Balaban J connectivity index is 1.83. The van der Waals surface area contributed by atoms with E-state index in [-0.39, 0.29) is 17.5 Å². The normalized spacial score (nSPS) is 15.6. The molecule has 0 radical (unpaired) electrons. The molecule has 1 saturated heterocycles. The highest BCUT2D eigenvalue weighted by Crippen LogP contribution is 2.33. The van der Waals surface area contributed by atoms with Crippen molar-refractivity contribution in [2.45, 2.75) is 38.9 Å². The van der Waals surface area contributed by atoms with Gasteiger partial charge in [-0.3, -0.25) is 4.79 Å². The number of nitrogens with one attached hydrogen (secondary N) is 1. The van der Waals surface area contributed by atoms with Crippen LogP contribution in [0.2, 0.25) is 0 Å². The van der Waals surface area contributed by atoms with Crippen LogP contribution in [0.25, 0.3) is 11.3 Å². The molecule has 1 aliphatic rings. The summed E-state index contributed by atoms with van der Waals surface area (Å²) in [5, 5.41) is 2.89. The van der Waals surface area contributed by atoms with Crippen LogP contribution in [0.3, 0.4) is 0 Å². The molecule has 1 amide bonds. The molecular weight excluding hydrogens is 376 g/mol. The van der Waals surface area contributed by atoms with E-state index in [0.29, 0.717) is 30.4 Å². The SMILES string of the molecule is CC(=O)NC1CCN(c2cc(-c3ccc(C(F)(F)F)c(F)c3)nc(C)n2)CC1. The Morgan fingerprint density at radius 3 is 2.43 bits per heavy atom. The molecule has 1 N–H and O–H groups in total. The summed E-state index contributed by atoms with van der Waals surface area (Å²) >= 11 is 0. The van der Waals surface area contributed by atoms with Crippen molar-refractivity contribution in [1.82, 2.24) is 15.3 Å². The Morgan fingerprint density at radius 2 is 1.86 bits per heavy atom. The zero-order valence-corrected chi connectivity index (χ0v) is 15.5. The molecule has 9 heteroatoms. The zero-order chi connectivity index (χ0) is 20.5. The van der Waals surface area contributed by atoms with E-state index in [9.17, 15) is 22.4 Å². The van der Waals surface area contributed by atoms with Gasteiger partial charge in [0.25, 0.3) is 0 Å². The standard InChI is InChI=1S/C19H20F4N4O/c1-11-24-17(13-3-4-15(16(20)9-13)19(21,22)23)10-18(25-11)27-7-5-14(6-8-27)26-12(2)28/h3-4,9-10,14H,5-8H2,1-2H3,(H,26,28).